The molecule has 72 valence electrons. The molecule has 0 aromatic carbocycles. The van der Waals surface area contributed by atoms with Crippen LogP contribution < -0.4 is 11.1 Å². The Balaban J connectivity index is 1.88. The van der Waals surface area contributed by atoms with Crippen LogP contribution in [-0.4, -0.2) is 18.6 Å². The van der Waals surface area contributed by atoms with E-state index in [-0.39, 0.29) is 5.54 Å². The molecule has 0 unspecified atom stereocenters. The van der Waals surface area contributed by atoms with Crippen LogP contribution in [0.1, 0.15) is 45.4 Å². The maximum absolute atomic E-state index is 6.08. The van der Waals surface area contributed by atoms with Crippen LogP contribution >= 0.6 is 0 Å². The van der Waals surface area contributed by atoms with Crippen molar-refractivity contribution in [2.24, 2.45) is 5.73 Å². The molecule has 3 N–H and O–H groups in total. The molecular weight excluding hydrogens is 148 g/mol. The van der Waals surface area contributed by atoms with E-state index in [2.05, 4.69) is 12.2 Å². The Morgan fingerprint density at radius 3 is 2.58 bits per heavy atom. The normalized spacial score (nSPS) is 20.5. The minimum absolute atomic E-state index is 0.208. The summed E-state index contributed by atoms with van der Waals surface area (Å²) in [6, 6.07) is 0. The summed E-state index contributed by atoms with van der Waals surface area (Å²) in [7, 11) is 0. The van der Waals surface area contributed by atoms with Crippen molar-refractivity contribution < 1.29 is 0 Å². The Labute approximate surface area is 75.9 Å². The third-order valence-electron chi connectivity index (χ3n) is 2.86. The minimum atomic E-state index is 0.208. The van der Waals surface area contributed by atoms with Crippen LogP contribution in [0.3, 0.4) is 0 Å². The fourth-order valence-corrected chi connectivity index (χ4v) is 1.65. The Hall–Kier alpha value is -0.0800. The zero-order valence-corrected chi connectivity index (χ0v) is 8.23. The summed E-state index contributed by atoms with van der Waals surface area (Å²) >= 11 is 0. The van der Waals surface area contributed by atoms with Crippen molar-refractivity contribution in [1.29, 1.82) is 0 Å². The zero-order chi connectivity index (χ0) is 8.86. The van der Waals surface area contributed by atoms with Crippen molar-refractivity contribution in [3.63, 3.8) is 0 Å². The Morgan fingerprint density at radius 2 is 2.08 bits per heavy atom. The number of nitrogens with one attached hydrogen (secondary N) is 1. The summed E-state index contributed by atoms with van der Waals surface area (Å²) in [5, 5.41) is 3.43. The molecule has 12 heavy (non-hydrogen) atoms. The highest BCUT2D eigenvalue weighted by Crippen LogP contribution is 2.31. The molecule has 0 atom stereocenters. The van der Waals surface area contributed by atoms with Crippen LogP contribution in [-0.2, 0) is 0 Å². The van der Waals surface area contributed by atoms with Crippen LogP contribution in [0, 0.1) is 0 Å². The Bertz CT molecular complexity index is 119. The SMILES string of the molecule is CCCCNCCC1(N)CCC1. The van der Waals surface area contributed by atoms with Gasteiger partial charge < -0.3 is 11.1 Å². The first-order valence-corrected chi connectivity index (χ1v) is 5.26. The summed E-state index contributed by atoms with van der Waals surface area (Å²) < 4.78 is 0. The van der Waals surface area contributed by atoms with E-state index in [1.54, 1.807) is 0 Å². The molecule has 1 saturated carbocycles. The maximum atomic E-state index is 6.08. The number of hydrogen-bond donors (Lipinski definition) is 2. The second kappa shape index (κ2) is 4.83. The van der Waals surface area contributed by atoms with Gasteiger partial charge in [-0.25, -0.2) is 0 Å². The number of nitrogens with two attached hydrogens (primary N) is 1. The first-order valence-electron chi connectivity index (χ1n) is 5.26. The lowest BCUT2D eigenvalue weighted by molar-refractivity contribution is 0.229. The maximum Gasteiger partial charge on any atom is 0.0166 e. The van der Waals surface area contributed by atoms with Crippen LogP contribution in [0.4, 0.5) is 0 Å². The molecule has 1 aliphatic carbocycles. The predicted molar refractivity (Wildman–Crippen MR) is 53.2 cm³/mol. The van der Waals surface area contributed by atoms with Gasteiger partial charge in [0.1, 0.15) is 0 Å². The summed E-state index contributed by atoms with van der Waals surface area (Å²) in [6.07, 6.45) is 7.55. The van der Waals surface area contributed by atoms with E-state index >= 15 is 0 Å². The highest BCUT2D eigenvalue weighted by molar-refractivity contribution is 4.92. The third-order valence-corrected chi connectivity index (χ3v) is 2.86. The lowest BCUT2D eigenvalue weighted by Gasteiger charge is -2.38. The molecule has 1 fully saturated rings. The predicted octanol–water partition coefficient (Wildman–Crippen LogP) is 1.65. The smallest absolute Gasteiger partial charge is 0.0166 e. The molecule has 0 spiro atoms. The van der Waals surface area contributed by atoms with E-state index in [9.17, 15) is 0 Å². The quantitative estimate of drug-likeness (QED) is 0.595. The van der Waals surface area contributed by atoms with Gasteiger partial charge in [-0.15, -0.1) is 0 Å². The van der Waals surface area contributed by atoms with Crippen molar-refractivity contribution in [1.82, 2.24) is 5.32 Å². The number of unbranched alkanes of at least 4 members (excludes halogenated alkanes) is 1. The zero-order valence-electron chi connectivity index (χ0n) is 8.23. The van der Waals surface area contributed by atoms with Gasteiger partial charge in [0.05, 0.1) is 0 Å². The minimum Gasteiger partial charge on any atom is -0.325 e. The summed E-state index contributed by atoms with van der Waals surface area (Å²) in [5.74, 6) is 0. The molecule has 0 radical (unpaired) electrons. The molecule has 0 amide bonds. The van der Waals surface area contributed by atoms with E-state index < -0.39 is 0 Å². The molecule has 2 nitrogen and oxygen atoms in total. The summed E-state index contributed by atoms with van der Waals surface area (Å²) in [5.41, 5.74) is 6.29. The molecule has 0 aromatic heterocycles. The lowest BCUT2D eigenvalue weighted by Crippen LogP contribution is -2.48. The van der Waals surface area contributed by atoms with Crippen molar-refractivity contribution in [3.8, 4) is 0 Å². The fraction of sp³-hybridized carbons (Fsp3) is 1.00. The van der Waals surface area contributed by atoms with E-state index in [1.165, 1.54) is 32.1 Å². The monoisotopic (exact) mass is 170 g/mol. The first-order chi connectivity index (χ1) is 5.77. The van der Waals surface area contributed by atoms with Gasteiger partial charge in [0, 0.05) is 5.54 Å². The van der Waals surface area contributed by atoms with Gasteiger partial charge >= 0.3 is 0 Å². The summed E-state index contributed by atoms with van der Waals surface area (Å²) in [6.45, 7) is 4.49. The Morgan fingerprint density at radius 1 is 1.33 bits per heavy atom. The second-order valence-corrected chi connectivity index (χ2v) is 4.07. The van der Waals surface area contributed by atoms with Gasteiger partial charge in [0.2, 0.25) is 0 Å². The molecular formula is C10H22N2. The first kappa shape index (κ1) is 10.0. The molecule has 0 bridgehead atoms. The van der Waals surface area contributed by atoms with Crippen LogP contribution in [0.15, 0.2) is 0 Å². The standard InChI is InChI=1S/C10H22N2/c1-2-3-8-12-9-7-10(11)5-4-6-10/h12H,2-9,11H2,1H3. The molecule has 2 heteroatoms. The molecule has 0 heterocycles. The third kappa shape index (κ3) is 3.11. The van der Waals surface area contributed by atoms with Crippen molar-refractivity contribution in [3.05, 3.63) is 0 Å². The van der Waals surface area contributed by atoms with E-state index in [0.29, 0.717) is 0 Å². The topological polar surface area (TPSA) is 38.0 Å². The van der Waals surface area contributed by atoms with E-state index in [1.807, 2.05) is 0 Å². The summed E-state index contributed by atoms with van der Waals surface area (Å²) in [4.78, 5) is 0. The molecule has 0 saturated heterocycles. The second-order valence-electron chi connectivity index (χ2n) is 4.07. The molecule has 0 aliphatic heterocycles. The van der Waals surface area contributed by atoms with Crippen LogP contribution in [0.5, 0.6) is 0 Å². The number of hydrogen-bond acceptors (Lipinski definition) is 2. The molecule has 0 aromatic rings. The van der Waals surface area contributed by atoms with Crippen molar-refractivity contribution in [2.45, 2.75) is 51.0 Å². The molecule has 1 aliphatic rings. The lowest BCUT2D eigenvalue weighted by atomic mass is 9.75. The van der Waals surface area contributed by atoms with Gasteiger partial charge in [-0.1, -0.05) is 13.3 Å². The highest BCUT2D eigenvalue weighted by Gasteiger charge is 2.31. The average Bonchev–Trinajstić information content (AvgIpc) is 2.01. The van der Waals surface area contributed by atoms with Gasteiger partial charge in [0.25, 0.3) is 0 Å². The van der Waals surface area contributed by atoms with Gasteiger partial charge in [0.15, 0.2) is 0 Å². The Kier molecular flexibility index (Phi) is 4.02. The van der Waals surface area contributed by atoms with Crippen molar-refractivity contribution >= 4 is 0 Å². The fourth-order valence-electron chi connectivity index (χ4n) is 1.65. The van der Waals surface area contributed by atoms with Gasteiger partial charge in [-0.2, -0.15) is 0 Å². The average molecular weight is 170 g/mol. The van der Waals surface area contributed by atoms with Gasteiger partial charge in [-0.05, 0) is 45.2 Å². The van der Waals surface area contributed by atoms with Crippen molar-refractivity contribution in [2.75, 3.05) is 13.1 Å². The van der Waals surface area contributed by atoms with E-state index in [4.69, 9.17) is 5.73 Å². The highest BCUT2D eigenvalue weighted by atomic mass is 14.9. The van der Waals surface area contributed by atoms with Crippen LogP contribution in [0.2, 0.25) is 0 Å². The number of rotatable bonds is 6. The van der Waals surface area contributed by atoms with Gasteiger partial charge in [-0.3, -0.25) is 0 Å². The largest absolute Gasteiger partial charge is 0.325 e. The van der Waals surface area contributed by atoms with Crippen LogP contribution in [0.25, 0.3) is 0 Å². The van der Waals surface area contributed by atoms with E-state index in [0.717, 1.165) is 19.5 Å². The molecule has 1 rings (SSSR count).